The third kappa shape index (κ3) is 2.56. The van der Waals surface area contributed by atoms with E-state index in [1.165, 1.54) is 44.3 Å². The zero-order valence-electron chi connectivity index (χ0n) is 12.1. The first-order valence-corrected chi connectivity index (χ1v) is 7.63. The fraction of sp³-hybridized carbons (Fsp3) is 0.529. The van der Waals surface area contributed by atoms with Crippen molar-refractivity contribution in [3.05, 3.63) is 29.6 Å². The van der Waals surface area contributed by atoms with Crippen molar-refractivity contribution in [3.8, 4) is 6.07 Å². The molecule has 3 rings (SSSR count). The van der Waals surface area contributed by atoms with E-state index in [0.717, 1.165) is 23.4 Å². The highest BCUT2D eigenvalue weighted by atomic mass is 15.1. The lowest BCUT2D eigenvalue weighted by atomic mass is 9.96. The van der Waals surface area contributed by atoms with Crippen molar-refractivity contribution in [2.24, 2.45) is 13.0 Å². The zero-order valence-corrected chi connectivity index (χ0v) is 12.1. The molecule has 1 saturated carbocycles. The van der Waals surface area contributed by atoms with Gasteiger partial charge in [-0.15, -0.1) is 0 Å². The summed E-state index contributed by atoms with van der Waals surface area (Å²) < 4.78 is 2.20. The molecule has 0 unspecified atom stereocenters. The molecule has 0 atom stereocenters. The minimum atomic E-state index is 0.691. The number of fused-ring (bicyclic) bond motifs is 1. The van der Waals surface area contributed by atoms with Gasteiger partial charge in [-0.1, -0.05) is 38.5 Å². The molecule has 3 nitrogen and oxygen atoms in total. The predicted molar refractivity (Wildman–Crippen MR) is 80.3 cm³/mol. The Labute approximate surface area is 120 Å². The van der Waals surface area contributed by atoms with E-state index in [1.54, 1.807) is 0 Å². The first kappa shape index (κ1) is 13.2. The summed E-state index contributed by atoms with van der Waals surface area (Å²) in [5.41, 5.74) is 2.78. The number of aromatic nitrogens is 2. The molecular formula is C17H21N3. The van der Waals surface area contributed by atoms with Gasteiger partial charge in [-0.3, -0.25) is 0 Å². The smallest absolute Gasteiger partial charge is 0.109 e. The molecule has 0 radical (unpaired) electrons. The lowest BCUT2D eigenvalue weighted by molar-refractivity contribution is 0.444. The molecule has 0 saturated heterocycles. The number of nitriles is 1. The quantitative estimate of drug-likeness (QED) is 0.773. The number of hydrogen-bond donors (Lipinski definition) is 0. The number of benzene rings is 1. The Bertz CT molecular complexity index is 640. The van der Waals surface area contributed by atoms with Gasteiger partial charge in [-0.05, 0) is 24.1 Å². The molecule has 0 spiro atoms. The van der Waals surface area contributed by atoms with Crippen molar-refractivity contribution >= 4 is 11.0 Å². The Kier molecular flexibility index (Phi) is 3.73. The van der Waals surface area contributed by atoms with Gasteiger partial charge in [-0.25, -0.2) is 4.98 Å². The molecule has 2 aromatic rings. The fourth-order valence-electron chi connectivity index (χ4n) is 3.33. The Morgan fingerprint density at radius 3 is 2.70 bits per heavy atom. The average molecular weight is 267 g/mol. The van der Waals surface area contributed by atoms with E-state index in [0.29, 0.717) is 5.56 Å². The summed E-state index contributed by atoms with van der Waals surface area (Å²) in [7, 11) is 2.09. The molecule has 0 N–H and O–H groups in total. The maximum Gasteiger partial charge on any atom is 0.109 e. The van der Waals surface area contributed by atoms with E-state index in [9.17, 15) is 0 Å². The van der Waals surface area contributed by atoms with Crippen LogP contribution in [0.15, 0.2) is 18.2 Å². The van der Waals surface area contributed by atoms with Gasteiger partial charge >= 0.3 is 0 Å². The Morgan fingerprint density at radius 1 is 1.25 bits per heavy atom. The molecule has 1 fully saturated rings. The number of rotatable bonds is 2. The molecule has 3 heteroatoms. The molecule has 0 aliphatic heterocycles. The molecule has 0 amide bonds. The van der Waals surface area contributed by atoms with Gasteiger partial charge < -0.3 is 4.57 Å². The highest BCUT2D eigenvalue weighted by Gasteiger charge is 2.16. The second kappa shape index (κ2) is 5.66. The Hall–Kier alpha value is -1.82. The highest BCUT2D eigenvalue weighted by molar-refractivity contribution is 5.77. The Morgan fingerprint density at radius 2 is 2.00 bits per heavy atom. The monoisotopic (exact) mass is 267 g/mol. The zero-order chi connectivity index (χ0) is 13.9. The van der Waals surface area contributed by atoms with Crippen LogP contribution in [0, 0.1) is 17.2 Å². The maximum absolute atomic E-state index is 8.98. The van der Waals surface area contributed by atoms with Crippen molar-refractivity contribution in [2.75, 3.05) is 0 Å². The number of hydrogen-bond acceptors (Lipinski definition) is 2. The van der Waals surface area contributed by atoms with Crippen molar-refractivity contribution in [2.45, 2.75) is 44.9 Å². The molecule has 1 aliphatic carbocycles. The van der Waals surface area contributed by atoms with Crippen LogP contribution in [0.1, 0.15) is 49.9 Å². The van der Waals surface area contributed by atoms with E-state index in [2.05, 4.69) is 17.7 Å². The summed E-state index contributed by atoms with van der Waals surface area (Å²) in [4.78, 5) is 4.76. The van der Waals surface area contributed by atoms with Crippen LogP contribution in [0.5, 0.6) is 0 Å². The summed E-state index contributed by atoms with van der Waals surface area (Å²) in [5, 5.41) is 8.98. The second-order valence-electron chi connectivity index (χ2n) is 5.96. The molecule has 0 bridgehead atoms. The molecule has 1 aromatic carbocycles. The van der Waals surface area contributed by atoms with Gasteiger partial charge in [0, 0.05) is 13.5 Å². The topological polar surface area (TPSA) is 41.6 Å². The van der Waals surface area contributed by atoms with Crippen LogP contribution < -0.4 is 0 Å². The van der Waals surface area contributed by atoms with Crippen LogP contribution in [-0.4, -0.2) is 9.55 Å². The third-order valence-corrected chi connectivity index (χ3v) is 4.55. The standard InChI is InChI=1S/C17H21N3/c1-20-16-9-8-14(12-18)10-15(16)19-17(20)11-13-6-4-2-3-5-7-13/h8-10,13H,2-7,11H2,1H3. The van der Waals surface area contributed by atoms with Crippen LogP contribution in [0.25, 0.3) is 11.0 Å². The minimum absolute atomic E-state index is 0.691. The minimum Gasteiger partial charge on any atom is -0.331 e. The normalized spacial score (nSPS) is 17.0. The van der Waals surface area contributed by atoms with Crippen LogP contribution in [-0.2, 0) is 13.5 Å². The summed E-state index contributed by atoms with van der Waals surface area (Å²) >= 11 is 0. The molecule has 1 heterocycles. The van der Waals surface area contributed by atoms with E-state index in [-0.39, 0.29) is 0 Å². The molecule has 1 aliphatic rings. The van der Waals surface area contributed by atoms with Crippen molar-refractivity contribution in [1.82, 2.24) is 9.55 Å². The summed E-state index contributed by atoms with van der Waals surface area (Å²) in [6.07, 6.45) is 9.28. The maximum atomic E-state index is 8.98. The van der Waals surface area contributed by atoms with Gasteiger partial charge in [-0.2, -0.15) is 5.26 Å². The van der Waals surface area contributed by atoms with Crippen LogP contribution >= 0.6 is 0 Å². The van der Waals surface area contributed by atoms with Gasteiger partial charge in [0.2, 0.25) is 0 Å². The first-order chi connectivity index (χ1) is 9.78. The number of imidazole rings is 1. The largest absolute Gasteiger partial charge is 0.331 e. The third-order valence-electron chi connectivity index (χ3n) is 4.55. The van der Waals surface area contributed by atoms with E-state index >= 15 is 0 Å². The van der Waals surface area contributed by atoms with Gasteiger partial charge in [0.15, 0.2) is 0 Å². The van der Waals surface area contributed by atoms with E-state index < -0.39 is 0 Å². The van der Waals surface area contributed by atoms with Gasteiger partial charge in [0.05, 0.1) is 22.7 Å². The second-order valence-corrected chi connectivity index (χ2v) is 5.96. The summed E-state index contributed by atoms with van der Waals surface area (Å²) in [6, 6.07) is 7.97. The van der Waals surface area contributed by atoms with E-state index in [1.807, 2.05) is 18.2 Å². The first-order valence-electron chi connectivity index (χ1n) is 7.63. The molecule has 104 valence electrons. The van der Waals surface area contributed by atoms with Gasteiger partial charge in [0.1, 0.15) is 5.82 Å². The average Bonchev–Trinajstić information content (AvgIpc) is 2.66. The lowest BCUT2D eigenvalue weighted by Crippen LogP contribution is -2.08. The summed E-state index contributed by atoms with van der Waals surface area (Å²) in [5.74, 6) is 1.95. The summed E-state index contributed by atoms with van der Waals surface area (Å²) in [6.45, 7) is 0. The van der Waals surface area contributed by atoms with Gasteiger partial charge in [0.25, 0.3) is 0 Å². The van der Waals surface area contributed by atoms with Crippen LogP contribution in [0.4, 0.5) is 0 Å². The molecular weight excluding hydrogens is 246 g/mol. The number of aryl methyl sites for hydroxylation is 1. The Balaban J connectivity index is 1.87. The number of nitrogens with zero attached hydrogens (tertiary/aromatic N) is 3. The van der Waals surface area contributed by atoms with Crippen molar-refractivity contribution in [1.29, 1.82) is 5.26 Å². The SMILES string of the molecule is Cn1c(CC2CCCCCC2)nc2cc(C#N)ccc21. The molecule has 1 aromatic heterocycles. The lowest BCUT2D eigenvalue weighted by Gasteiger charge is -2.13. The van der Waals surface area contributed by atoms with Crippen LogP contribution in [0.3, 0.4) is 0 Å². The van der Waals surface area contributed by atoms with E-state index in [4.69, 9.17) is 10.2 Å². The molecule has 20 heavy (non-hydrogen) atoms. The van der Waals surface area contributed by atoms with Crippen molar-refractivity contribution < 1.29 is 0 Å². The van der Waals surface area contributed by atoms with Crippen molar-refractivity contribution in [3.63, 3.8) is 0 Å². The predicted octanol–water partition coefficient (Wildman–Crippen LogP) is 3.96. The van der Waals surface area contributed by atoms with Crippen LogP contribution in [0.2, 0.25) is 0 Å². The fourth-order valence-corrected chi connectivity index (χ4v) is 3.33. The highest BCUT2D eigenvalue weighted by Crippen LogP contribution is 2.27.